The molecule has 0 unspecified atom stereocenters. The molecule has 0 spiro atoms. The van der Waals surface area contributed by atoms with Gasteiger partial charge in [-0.05, 0) is 17.5 Å². The highest BCUT2D eigenvalue weighted by Gasteiger charge is 2.04. The zero-order valence-corrected chi connectivity index (χ0v) is 4.02. The molecule has 0 fully saturated rings. The molecule has 1 aromatic rings. The van der Waals surface area contributed by atoms with Crippen molar-refractivity contribution in [1.82, 2.24) is 0 Å². The topological polar surface area (TPSA) is 0 Å². The standard InChI is InChI=1S/C7H6/c1-2-6-4-7(3-1)5-6/h1-4H,5H2. The van der Waals surface area contributed by atoms with Gasteiger partial charge in [-0.3, -0.25) is 0 Å². The highest BCUT2D eigenvalue weighted by Crippen LogP contribution is 2.18. The van der Waals surface area contributed by atoms with Gasteiger partial charge >= 0.3 is 0 Å². The fourth-order valence-electron chi connectivity index (χ4n) is 0.954. The fourth-order valence-corrected chi connectivity index (χ4v) is 0.954. The third-order valence-electron chi connectivity index (χ3n) is 1.40. The Bertz CT molecular complexity index is 164. The fraction of sp³-hybridized carbons (Fsp3) is 0.143. The smallest absolute Gasteiger partial charge is 0.00256 e. The summed E-state index contributed by atoms with van der Waals surface area (Å²) in [7, 11) is 0. The molecule has 0 heteroatoms. The number of hydrogen-bond acceptors (Lipinski definition) is 0. The van der Waals surface area contributed by atoms with Crippen molar-refractivity contribution >= 4 is 0 Å². The van der Waals surface area contributed by atoms with Crippen LogP contribution >= 0.6 is 0 Å². The minimum absolute atomic E-state index is 1.22. The summed E-state index contributed by atoms with van der Waals surface area (Å²) in [5.74, 6) is 0. The van der Waals surface area contributed by atoms with Gasteiger partial charge in [-0.15, -0.1) is 0 Å². The molecule has 0 saturated carbocycles. The second kappa shape index (κ2) is 0.890. The summed E-state index contributed by atoms with van der Waals surface area (Å²) in [5, 5.41) is 0. The van der Waals surface area contributed by atoms with Crippen LogP contribution in [-0.2, 0) is 6.42 Å². The second-order valence-corrected chi connectivity index (χ2v) is 2.00. The highest BCUT2D eigenvalue weighted by atomic mass is 14.1. The van der Waals surface area contributed by atoms with Gasteiger partial charge in [0, 0.05) is 0 Å². The van der Waals surface area contributed by atoms with Gasteiger partial charge in [-0.2, -0.15) is 0 Å². The van der Waals surface area contributed by atoms with Crippen LogP contribution in [0, 0.1) is 0 Å². The molecule has 0 atom stereocenters. The third-order valence-corrected chi connectivity index (χ3v) is 1.40. The molecule has 3 rings (SSSR count). The Labute approximate surface area is 42.8 Å². The van der Waals surface area contributed by atoms with E-state index in [1.165, 1.54) is 17.5 Å². The second-order valence-electron chi connectivity index (χ2n) is 2.00. The first-order chi connectivity index (χ1) is 3.45. The maximum atomic E-state index is 2.22. The molecule has 0 N–H and O–H groups in total. The van der Waals surface area contributed by atoms with E-state index < -0.39 is 0 Å². The van der Waals surface area contributed by atoms with Gasteiger partial charge in [0.15, 0.2) is 0 Å². The minimum Gasteiger partial charge on any atom is -0.0617 e. The van der Waals surface area contributed by atoms with E-state index in [0.29, 0.717) is 0 Å². The van der Waals surface area contributed by atoms with E-state index >= 15 is 0 Å². The first-order valence-corrected chi connectivity index (χ1v) is 2.53. The normalized spacial score (nSPS) is 13.1. The summed E-state index contributed by atoms with van der Waals surface area (Å²) in [5.41, 5.74) is 2.97. The van der Waals surface area contributed by atoms with E-state index in [0.717, 1.165) is 0 Å². The molecular formula is C7H6. The minimum atomic E-state index is 1.22. The van der Waals surface area contributed by atoms with Crippen LogP contribution in [0.4, 0.5) is 0 Å². The van der Waals surface area contributed by atoms with Crippen molar-refractivity contribution in [2.45, 2.75) is 6.42 Å². The van der Waals surface area contributed by atoms with Crippen molar-refractivity contribution in [3.05, 3.63) is 35.4 Å². The number of hydrogen-bond donors (Lipinski definition) is 0. The zero-order chi connectivity index (χ0) is 4.69. The Morgan fingerprint density at radius 1 is 1.14 bits per heavy atom. The van der Waals surface area contributed by atoms with E-state index in [2.05, 4.69) is 24.3 Å². The number of benzene rings is 1. The van der Waals surface area contributed by atoms with Gasteiger partial charge in [0.1, 0.15) is 0 Å². The SMILES string of the molecule is c1cc2cc(c1)C2. The quantitative estimate of drug-likeness (QED) is 0.461. The summed E-state index contributed by atoms with van der Waals surface area (Å²) in [6.07, 6.45) is 1.22. The Morgan fingerprint density at radius 3 is 1.86 bits per heavy atom. The van der Waals surface area contributed by atoms with Gasteiger partial charge < -0.3 is 0 Å². The lowest BCUT2D eigenvalue weighted by Gasteiger charge is -2.11. The van der Waals surface area contributed by atoms with E-state index in [1.807, 2.05) is 0 Å². The lowest BCUT2D eigenvalue weighted by molar-refractivity contribution is 1.09. The van der Waals surface area contributed by atoms with Gasteiger partial charge in [-0.25, -0.2) is 0 Å². The average Bonchev–Trinajstić information content (AvgIpc) is 1.67. The summed E-state index contributed by atoms with van der Waals surface area (Å²) in [6.45, 7) is 0. The molecule has 2 aliphatic rings. The van der Waals surface area contributed by atoms with Crippen LogP contribution in [0.3, 0.4) is 0 Å². The Balaban J connectivity index is 2.78. The molecule has 0 radical (unpaired) electrons. The Hall–Kier alpha value is -0.780. The monoisotopic (exact) mass is 90.0 g/mol. The molecule has 0 nitrogen and oxygen atoms in total. The summed E-state index contributed by atoms with van der Waals surface area (Å²) < 4.78 is 0. The van der Waals surface area contributed by atoms with Gasteiger partial charge in [0.2, 0.25) is 0 Å². The van der Waals surface area contributed by atoms with Crippen LogP contribution in [0.2, 0.25) is 0 Å². The van der Waals surface area contributed by atoms with Crippen LogP contribution in [0.15, 0.2) is 24.3 Å². The van der Waals surface area contributed by atoms with Crippen LogP contribution < -0.4 is 0 Å². The first kappa shape index (κ1) is 3.25. The lowest BCUT2D eigenvalue weighted by atomic mass is 9.94. The molecule has 7 heavy (non-hydrogen) atoms. The molecule has 2 bridgehead atoms. The maximum absolute atomic E-state index is 2.22. The summed E-state index contributed by atoms with van der Waals surface area (Å²) in [6, 6.07) is 8.65. The summed E-state index contributed by atoms with van der Waals surface area (Å²) >= 11 is 0. The predicted octanol–water partition coefficient (Wildman–Crippen LogP) is 1.59. The molecule has 0 heterocycles. The zero-order valence-electron chi connectivity index (χ0n) is 4.02. The van der Waals surface area contributed by atoms with Crippen LogP contribution in [0.5, 0.6) is 0 Å². The maximum Gasteiger partial charge on any atom is -0.00256 e. The van der Waals surface area contributed by atoms with E-state index in [4.69, 9.17) is 0 Å². The molecule has 0 aromatic heterocycles. The molecule has 0 saturated heterocycles. The van der Waals surface area contributed by atoms with Gasteiger partial charge in [0.05, 0.1) is 0 Å². The van der Waals surface area contributed by atoms with Crippen molar-refractivity contribution in [3.8, 4) is 0 Å². The average molecular weight is 90.1 g/mol. The van der Waals surface area contributed by atoms with Crippen molar-refractivity contribution in [3.63, 3.8) is 0 Å². The van der Waals surface area contributed by atoms with Crippen LogP contribution in [0.25, 0.3) is 0 Å². The van der Waals surface area contributed by atoms with E-state index in [9.17, 15) is 0 Å². The highest BCUT2D eigenvalue weighted by molar-refractivity contribution is 5.37. The van der Waals surface area contributed by atoms with Gasteiger partial charge in [0.25, 0.3) is 0 Å². The van der Waals surface area contributed by atoms with E-state index in [1.54, 1.807) is 0 Å². The number of rotatable bonds is 0. The third kappa shape index (κ3) is 0.310. The van der Waals surface area contributed by atoms with Crippen LogP contribution in [-0.4, -0.2) is 0 Å². The molecule has 0 aliphatic heterocycles. The van der Waals surface area contributed by atoms with Crippen molar-refractivity contribution in [1.29, 1.82) is 0 Å². The molecule has 2 aliphatic carbocycles. The predicted molar refractivity (Wildman–Crippen MR) is 29.2 cm³/mol. The summed E-state index contributed by atoms with van der Waals surface area (Å²) in [4.78, 5) is 0. The van der Waals surface area contributed by atoms with Crippen molar-refractivity contribution < 1.29 is 0 Å². The largest absolute Gasteiger partial charge is 0.0617 e. The van der Waals surface area contributed by atoms with Crippen LogP contribution in [0.1, 0.15) is 11.1 Å². The van der Waals surface area contributed by atoms with Crippen molar-refractivity contribution in [2.24, 2.45) is 0 Å². The first-order valence-electron chi connectivity index (χ1n) is 2.53. The van der Waals surface area contributed by atoms with Gasteiger partial charge in [-0.1, -0.05) is 24.3 Å². The Kier molecular flexibility index (Phi) is 0.413. The number of fused-ring (bicyclic) bond motifs is 2. The molecule has 0 amide bonds. The molecule has 1 aromatic carbocycles. The molecular weight excluding hydrogens is 84.1 g/mol. The lowest BCUT2D eigenvalue weighted by Crippen LogP contribution is -1.97. The molecule has 34 valence electrons. The Morgan fingerprint density at radius 2 is 1.71 bits per heavy atom. The van der Waals surface area contributed by atoms with Crippen molar-refractivity contribution in [2.75, 3.05) is 0 Å². The van der Waals surface area contributed by atoms with E-state index in [-0.39, 0.29) is 0 Å².